The highest BCUT2D eigenvalue weighted by Crippen LogP contribution is 2.16. The van der Waals surface area contributed by atoms with Gasteiger partial charge in [0.05, 0.1) is 17.9 Å². The van der Waals surface area contributed by atoms with Crippen molar-refractivity contribution >= 4 is 0 Å². The summed E-state index contributed by atoms with van der Waals surface area (Å²) in [5.74, 6) is 0. The van der Waals surface area contributed by atoms with E-state index in [1.165, 1.54) is 11.1 Å². The number of aromatic nitrogens is 3. The summed E-state index contributed by atoms with van der Waals surface area (Å²) >= 11 is 0. The molecule has 0 spiro atoms. The van der Waals surface area contributed by atoms with Crippen molar-refractivity contribution in [2.75, 3.05) is 7.05 Å². The van der Waals surface area contributed by atoms with Crippen molar-refractivity contribution in [2.24, 2.45) is 7.05 Å². The molecule has 0 amide bonds. The lowest BCUT2D eigenvalue weighted by atomic mass is 10.0. The molecule has 17 heavy (non-hydrogen) atoms. The van der Waals surface area contributed by atoms with Crippen LogP contribution in [0.2, 0.25) is 0 Å². The Morgan fingerprint density at radius 2 is 2.00 bits per heavy atom. The molecule has 1 N–H and O–H groups in total. The fourth-order valence-electron chi connectivity index (χ4n) is 1.93. The number of nitrogens with zero attached hydrogens (tertiary/aromatic N) is 3. The molecule has 4 nitrogen and oxygen atoms in total. The molecule has 1 aromatic carbocycles. The van der Waals surface area contributed by atoms with Crippen LogP contribution in [0.15, 0.2) is 30.5 Å². The second-order valence-corrected chi connectivity index (χ2v) is 4.31. The van der Waals surface area contributed by atoms with Crippen LogP contribution in [0.5, 0.6) is 0 Å². The Hall–Kier alpha value is -1.68. The van der Waals surface area contributed by atoms with Crippen LogP contribution in [-0.4, -0.2) is 22.0 Å². The lowest BCUT2D eigenvalue weighted by Crippen LogP contribution is -2.21. The van der Waals surface area contributed by atoms with Crippen LogP contribution in [0.25, 0.3) is 0 Å². The van der Waals surface area contributed by atoms with Gasteiger partial charge in [-0.2, -0.15) is 0 Å². The van der Waals surface area contributed by atoms with Crippen molar-refractivity contribution < 1.29 is 0 Å². The summed E-state index contributed by atoms with van der Waals surface area (Å²) in [7, 11) is 3.88. The maximum absolute atomic E-state index is 3.97. The number of hydrogen-bond acceptors (Lipinski definition) is 3. The quantitative estimate of drug-likeness (QED) is 0.868. The molecule has 0 aliphatic rings. The smallest absolute Gasteiger partial charge is 0.0756 e. The van der Waals surface area contributed by atoms with Gasteiger partial charge in [-0.1, -0.05) is 35.0 Å². The van der Waals surface area contributed by atoms with Gasteiger partial charge in [-0.3, -0.25) is 4.68 Å². The molecule has 0 fully saturated rings. The Kier molecular flexibility index (Phi) is 3.54. The molecule has 1 heterocycles. The molecule has 0 aliphatic carbocycles. The van der Waals surface area contributed by atoms with Crippen LogP contribution in [0, 0.1) is 6.92 Å². The molecular weight excluding hydrogens is 212 g/mol. The lowest BCUT2D eigenvalue weighted by molar-refractivity contribution is 0.534. The first kappa shape index (κ1) is 11.8. The Bertz CT molecular complexity index is 472. The summed E-state index contributed by atoms with van der Waals surface area (Å²) in [5, 5.41) is 11.2. The molecule has 0 radical (unpaired) electrons. The molecule has 90 valence electrons. The van der Waals surface area contributed by atoms with E-state index in [2.05, 4.69) is 46.8 Å². The highest BCUT2D eigenvalue weighted by Gasteiger charge is 2.14. The minimum absolute atomic E-state index is 0.248. The van der Waals surface area contributed by atoms with E-state index >= 15 is 0 Å². The Balaban J connectivity index is 2.16. The van der Waals surface area contributed by atoms with Crippen LogP contribution >= 0.6 is 0 Å². The first-order valence-corrected chi connectivity index (χ1v) is 5.78. The van der Waals surface area contributed by atoms with Crippen molar-refractivity contribution in [3.8, 4) is 0 Å². The average Bonchev–Trinajstić information content (AvgIpc) is 2.75. The van der Waals surface area contributed by atoms with Gasteiger partial charge in [-0.15, -0.1) is 5.10 Å². The van der Waals surface area contributed by atoms with E-state index in [9.17, 15) is 0 Å². The van der Waals surface area contributed by atoms with E-state index in [0.717, 1.165) is 12.1 Å². The van der Waals surface area contributed by atoms with Gasteiger partial charge in [0.15, 0.2) is 0 Å². The van der Waals surface area contributed by atoms with Crippen molar-refractivity contribution in [1.82, 2.24) is 20.3 Å². The first-order chi connectivity index (χ1) is 8.20. The molecule has 0 saturated heterocycles. The Morgan fingerprint density at radius 1 is 1.29 bits per heavy atom. The van der Waals surface area contributed by atoms with Crippen LogP contribution in [0.4, 0.5) is 0 Å². The van der Waals surface area contributed by atoms with Crippen molar-refractivity contribution in [2.45, 2.75) is 19.4 Å². The molecule has 1 unspecified atom stereocenters. The number of nitrogens with one attached hydrogen (secondary N) is 1. The minimum Gasteiger partial charge on any atom is -0.311 e. The molecule has 1 aromatic heterocycles. The summed E-state index contributed by atoms with van der Waals surface area (Å²) in [4.78, 5) is 0. The Labute approximate surface area is 102 Å². The predicted octanol–water partition coefficient (Wildman–Crippen LogP) is 1.63. The zero-order valence-corrected chi connectivity index (χ0v) is 10.5. The van der Waals surface area contributed by atoms with E-state index in [1.54, 1.807) is 0 Å². The second kappa shape index (κ2) is 5.10. The Morgan fingerprint density at radius 3 is 2.53 bits per heavy atom. The molecular formula is C13H18N4. The fraction of sp³-hybridized carbons (Fsp3) is 0.385. The van der Waals surface area contributed by atoms with Crippen LogP contribution in [0.1, 0.15) is 22.9 Å². The standard InChI is InChI=1S/C13H18N4/c1-10-4-6-11(7-5-10)8-12(14-2)13-9-15-16-17(13)3/h4-7,9,12,14H,8H2,1-3H3. The van der Waals surface area contributed by atoms with E-state index in [-0.39, 0.29) is 6.04 Å². The summed E-state index contributed by atoms with van der Waals surface area (Å²) in [5.41, 5.74) is 3.71. The van der Waals surface area contributed by atoms with Gasteiger partial charge in [-0.05, 0) is 26.0 Å². The fourth-order valence-corrected chi connectivity index (χ4v) is 1.93. The van der Waals surface area contributed by atoms with Crippen molar-refractivity contribution in [1.29, 1.82) is 0 Å². The number of rotatable bonds is 4. The third-order valence-electron chi connectivity index (χ3n) is 3.02. The highest BCUT2D eigenvalue weighted by atomic mass is 15.4. The van der Waals surface area contributed by atoms with Gasteiger partial charge < -0.3 is 5.32 Å². The van der Waals surface area contributed by atoms with Gasteiger partial charge in [0, 0.05) is 7.05 Å². The monoisotopic (exact) mass is 230 g/mol. The molecule has 0 bridgehead atoms. The van der Waals surface area contributed by atoms with Crippen molar-refractivity contribution in [3.05, 3.63) is 47.3 Å². The van der Waals surface area contributed by atoms with E-state index in [4.69, 9.17) is 0 Å². The maximum Gasteiger partial charge on any atom is 0.0756 e. The highest BCUT2D eigenvalue weighted by molar-refractivity contribution is 5.23. The SMILES string of the molecule is CNC(Cc1ccc(C)cc1)c1cnnn1C. The van der Waals surface area contributed by atoms with Gasteiger partial charge in [0.1, 0.15) is 0 Å². The third-order valence-corrected chi connectivity index (χ3v) is 3.02. The summed E-state index contributed by atoms with van der Waals surface area (Å²) in [6.45, 7) is 2.10. The zero-order valence-electron chi connectivity index (χ0n) is 10.5. The summed E-state index contributed by atoms with van der Waals surface area (Å²) in [6, 6.07) is 8.87. The molecule has 0 aliphatic heterocycles. The van der Waals surface area contributed by atoms with Gasteiger partial charge in [-0.25, -0.2) is 0 Å². The van der Waals surface area contributed by atoms with Crippen LogP contribution in [0.3, 0.4) is 0 Å². The molecule has 2 aromatic rings. The topological polar surface area (TPSA) is 42.7 Å². The number of aryl methyl sites for hydroxylation is 2. The number of hydrogen-bond donors (Lipinski definition) is 1. The van der Waals surface area contributed by atoms with Crippen LogP contribution in [-0.2, 0) is 13.5 Å². The minimum atomic E-state index is 0.248. The largest absolute Gasteiger partial charge is 0.311 e. The first-order valence-electron chi connectivity index (χ1n) is 5.78. The third kappa shape index (κ3) is 2.71. The normalized spacial score (nSPS) is 12.6. The van der Waals surface area contributed by atoms with E-state index in [0.29, 0.717) is 0 Å². The van der Waals surface area contributed by atoms with Gasteiger partial charge >= 0.3 is 0 Å². The average molecular weight is 230 g/mol. The zero-order chi connectivity index (χ0) is 12.3. The lowest BCUT2D eigenvalue weighted by Gasteiger charge is -2.15. The molecule has 4 heteroatoms. The van der Waals surface area contributed by atoms with E-state index < -0.39 is 0 Å². The predicted molar refractivity (Wildman–Crippen MR) is 67.7 cm³/mol. The van der Waals surface area contributed by atoms with Gasteiger partial charge in [0.2, 0.25) is 0 Å². The number of benzene rings is 1. The molecule has 0 saturated carbocycles. The van der Waals surface area contributed by atoms with E-state index in [1.807, 2.05) is 25.0 Å². The maximum atomic E-state index is 3.97. The number of likely N-dealkylation sites (N-methyl/N-ethyl adjacent to an activating group) is 1. The molecule has 1 atom stereocenters. The van der Waals surface area contributed by atoms with Gasteiger partial charge in [0.25, 0.3) is 0 Å². The van der Waals surface area contributed by atoms with Crippen LogP contribution < -0.4 is 5.32 Å². The summed E-state index contributed by atoms with van der Waals surface area (Å²) < 4.78 is 1.81. The second-order valence-electron chi connectivity index (χ2n) is 4.31. The summed E-state index contributed by atoms with van der Waals surface area (Å²) in [6.07, 6.45) is 2.76. The molecule has 2 rings (SSSR count). The van der Waals surface area contributed by atoms with Crippen molar-refractivity contribution in [3.63, 3.8) is 0 Å².